The summed E-state index contributed by atoms with van der Waals surface area (Å²) in [4.78, 5) is 6.99. The van der Waals surface area contributed by atoms with Crippen LogP contribution >= 0.6 is 11.3 Å². The summed E-state index contributed by atoms with van der Waals surface area (Å²) < 4.78 is 0. The average Bonchev–Trinajstić information content (AvgIpc) is 2.63. The molecular formula is C13H17N3S. The lowest BCUT2D eigenvalue weighted by Crippen LogP contribution is -2.18. The Balaban J connectivity index is 1.95. The van der Waals surface area contributed by atoms with E-state index in [0.29, 0.717) is 6.04 Å². The van der Waals surface area contributed by atoms with Crippen LogP contribution in [0.5, 0.6) is 0 Å². The SMILES string of the molecule is Cc1ccc(CC(C)Nc2cc(N)ccn2)s1. The van der Waals surface area contributed by atoms with Gasteiger partial charge in [-0.05, 0) is 32.0 Å². The molecule has 2 heterocycles. The van der Waals surface area contributed by atoms with E-state index in [4.69, 9.17) is 5.73 Å². The molecule has 2 aromatic rings. The number of hydrogen-bond acceptors (Lipinski definition) is 4. The minimum atomic E-state index is 0.349. The molecule has 3 N–H and O–H groups in total. The Labute approximate surface area is 106 Å². The van der Waals surface area contributed by atoms with Crippen molar-refractivity contribution in [2.45, 2.75) is 26.3 Å². The number of nitrogens with two attached hydrogens (primary N) is 1. The predicted molar refractivity (Wildman–Crippen MR) is 74.5 cm³/mol. The van der Waals surface area contributed by atoms with Crippen molar-refractivity contribution >= 4 is 22.8 Å². The first-order valence-electron chi connectivity index (χ1n) is 5.67. The highest BCUT2D eigenvalue weighted by molar-refractivity contribution is 7.11. The topological polar surface area (TPSA) is 50.9 Å². The number of hydrogen-bond donors (Lipinski definition) is 2. The number of nitrogens with one attached hydrogen (secondary N) is 1. The van der Waals surface area contributed by atoms with E-state index < -0.39 is 0 Å². The van der Waals surface area contributed by atoms with E-state index in [-0.39, 0.29) is 0 Å². The Bertz CT molecular complexity index is 493. The highest BCUT2D eigenvalue weighted by atomic mass is 32.1. The van der Waals surface area contributed by atoms with Crippen LogP contribution in [0.4, 0.5) is 11.5 Å². The highest BCUT2D eigenvalue weighted by Crippen LogP contribution is 2.18. The van der Waals surface area contributed by atoms with Gasteiger partial charge in [0.05, 0.1) is 0 Å². The molecule has 0 amide bonds. The molecule has 0 radical (unpaired) electrons. The molecule has 1 atom stereocenters. The third-order valence-electron chi connectivity index (χ3n) is 2.48. The van der Waals surface area contributed by atoms with E-state index in [2.05, 4.69) is 36.3 Å². The lowest BCUT2D eigenvalue weighted by molar-refractivity contribution is 0.795. The van der Waals surface area contributed by atoms with Gasteiger partial charge in [-0.3, -0.25) is 0 Å². The number of rotatable bonds is 4. The zero-order chi connectivity index (χ0) is 12.3. The monoisotopic (exact) mass is 247 g/mol. The van der Waals surface area contributed by atoms with Gasteiger partial charge < -0.3 is 11.1 Å². The van der Waals surface area contributed by atoms with Crippen LogP contribution in [0.15, 0.2) is 30.5 Å². The van der Waals surface area contributed by atoms with Gasteiger partial charge in [0, 0.05) is 40.2 Å². The lowest BCUT2D eigenvalue weighted by atomic mass is 10.2. The molecule has 2 rings (SSSR count). The minimum absolute atomic E-state index is 0.349. The predicted octanol–water partition coefficient (Wildman–Crippen LogP) is 3.08. The quantitative estimate of drug-likeness (QED) is 0.873. The van der Waals surface area contributed by atoms with Crippen molar-refractivity contribution in [1.82, 2.24) is 4.98 Å². The largest absolute Gasteiger partial charge is 0.399 e. The molecule has 0 fully saturated rings. The summed E-state index contributed by atoms with van der Waals surface area (Å²) in [7, 11) is 0. The van der Waals surface area contributed by atoms with Crippen molar-refractivity contribution in [1.29, 1.82) is 0 Å². The van der Waals surface area contributed by atoms with Crippen molar-refractivity contribution in [3.8, 4) is 0 Å². The second-order valence-electron chi connectivity index (χ2n) is 4.24. The first-order valence-corrected chi connectivity index (χ1v) is 6.48. The molecule has 0 aromatic carbocycles. The molecule has 4 heteroatoms. The van der Waals surface area contributed by atoms with Gasteiger partial charge in [-0.25, -0.2) is 4.98 Å². The number of nitrogen functional groups attached to an aromatic ring is 1. The summed E-state index contributed by atoms with van der Waals surface area (Å²) in [6, 6.07) is 8.34. The minimum Gasteiger partial charge on any atom is -0.399 e. The first-order chi connectivity index (χ1) is 8.13. The smallest absolute Gasteiger partial charge is 0.128 e. The van der Waals surface area contributed by atoms with Gasteiger partial charge in [-0.2, -0.15) is 0 Å². The van der Waals surface area contributed by atoms with Gasteiger partial charge in [0.25, 0.3) is 0 Å². The van der Waals surface area contributed by atoms with Gasteiger partial charge in [-0.15, -0.1) is 11.3 Å². The molecule has 0 saturated carbocycles. The highest BCUT2D eigenvalue weighted by Gasteiger charge is 2.06. The third-order valence-corrected chi connectivity index (χ3v) is 3.50. The normalized spacial score (nSPS) is 12.4. The van der Waals surface area contributed by atoms with Crippen molar-refractivity contribution < 1.29 is 0 Å². The molecule has 90 valence electrons. The van der Waals surface area contributed by atoms with Gasteiger partial charge in [-0.1, -0.05) is 0 Å². The van der Waals surface area contributed by atoms with Gasteiger partial charge in [0.2, 0.25) is 0 Å². The summed E-state index contributed by atoms with van der Waals surface area (Å²) in [6.07, 6.45) is 2.73. The molecular weight excluding hydrogens is 230 g/mol. The first kappa shape index (κ1) is 11.9. The second kappa shape index (κ2) is 5.19. The molecule has 1 unspecified atom stereocenters. The summed E-state index contributed by atoms with van der Waals surface area (Å²) in [5, 5.41) is 3.36. The fourth-order valence-corrected chi connectivity index (χ4v) is 2.74. The van der Waals surface area contributed by atoms with Crippen LogP contribution in [0, 0.1) is 6.92 Å². The van der Waals surface area contributed by atoms with Gasteiger partial charge in [0.15, 0.2) is 0 Å². The van der Waals surface area contributed by atoms with Crippen molar-refractivity contribution in [3.63, 3.8) is 0 Å². The van der Waals surface area contributed by atoms with Gasteiger partial charge >= 0.3 is 0 Å². The number of nitrogens with zero attached hydrogens (tertiary/aromatic N) is 1. The van der Waals surface area contributed by atoms with Crippen LogP contribution in [-0.2, 0) is 6.42 Å². The van der Waals surface area contributed by atoms with Crippen LogP contribution in [0.1, 0.15) is 16.7 Å². The fourth-order valence-electron chi connectivity index (χ4n) is 1.73. The van der Waals surface area contributed by atoms with Crippen molar-refractivity contribution in [3.05, 3.63) is 40.2 Å². The summed E-state index contributed by atoms with van der Waals surface area (Å²) >= 11 is 1.84. The Hall–Kier alpha value is -1.55. The second-order valence-corrected chi connectivity index (χ2v) is 5.61. The Morgan fingerprint density at radius 1 is 1.41 bits per heavy atom. The fraction of sp³-hybridized carbons (Fsp3) is 0.308. The van der Waals surface area contributed by atoms with E-state index >= 15 is 0 Å². The Morgan fingerprint density at radius 3 is 2.88 bits per heavy atom. The van der Waals surface area contributed by atoms with E-state index in [1.807, 2.05) is 17.4 Å². The maximum absolute atomic E-state index is 5.71. The van der Waals surface area contributed by atoms with Crippen molar-refractivity contribution in [2.75, 3.05) is 11.1 Å². The molecule has 0 spiro atoms. The zero-order valence-electron chi connectivity index (χ0n) is 10.1. The third kappa shape index (κ3) is 3.46. The molecule has 0 aliphatic rings. The number of pyridine rings is 1. The van der Waals surface area contributed by atoms with E-state index in [9.17, 15) is 0 Å². The van der Waals surface area contributed by atoms with Crippen LogP contribution in [0.3, 0.4) is 0 Å². The van der Waals surface area contributed by atoms with E-state index in [1.54, 1.807) is 12.3 Å². The van der Waals surface area contributed by atoms with Crippen LogP contribution in [-0.4, -0.2) is 11.0 Å². The number of anilines is 2. The molecule has 0 saturated heterocycles. The molecule has 0 aliphatic heterocycles. The Morgan fingerprint density at radius 2 is 2.24 bits per heavy atom. The van der Waals surface area contributed by atoms with Crippen molar-refractivity contribution in [2.24, 2.45) is 0 Å². The van der Waals surface area contributed by atoms with Crippen LogP contribution < -0.4 is 11.1 Å². The lowest BCUT2D eigenvalue weighted by Gasteiger charge is -2.13. The number of aromatic nitrogens is 1. The number of thiophene rings is 1. The van der Waals surface area contributed by atoms with E-state index in [1.165, 1.54) is 9.75 Å². The maximum atomic E-state index is 5.71. The van der Waals surface area contributed by atoms with Crippen LogP contribution in [0.25, 0.3) is 0 Å². The standard InChI is InChI=1S/C13H17N3S/c1-9(7-12-4-3-10(2)17-12)16-13-8-11(14)5-6-15-13/h3-6,8-9H,7H2,1-2H3,(H3,14,15,16). The maximum Gasteiger partial charge on any atom is 0.128 e. The molecule has 0 bridgehead atoms. The summed E-state index contributed by atoms with van der Waals surface area (Å²) in [5.41, 5.74) is 6.45. The molecule has 2 aromatic heterocycles. The van der Waals surface area contributed by atoms with Gasteiger partial charge in [0.1, 0.15) is 5.82 Å². The molecule has 3 nitrogen and oxygen atoms in total. The molecule has 17 heavy (non-hydrogen) atoms. The summed E-state index contributed by atoms with van der Waals surface area (Å²) in [5.74, 6) is 0.839. The van der Waals surface area contributed by atoms with Crippen LogP contribution in [0.2, 0.25) is 0 Å². The Kier molecular flexibility index (Phi) is 3.64. The average molecular weight is 247 g/mol. The van der Waals surface area contributed by atoms with E-state index in [0.717, 1.165) is 17.9 Å². The summed E-state index contributed by atoms with van der Waals surface area (Å²) in [6.45, 7) is 4.28. The molecule has 0 aliphatic carbocycles. The zero-order valence-corrected chi connectivity index (χ0v) is 10.9. The number of aryl methyl sites for hydroxylation is 1.